The number of likely N-dealkylation sites (N-methyl/N-ethyl adjacent to an activating group) is 2. The van der Waals surface area contributed by atoms with E-state index in [-0.39, 0.29) is 29.9 Å². The molecule has 9 heteroatoms. The summed E-state index contributed by atoms with van der Waals surface area (Å²) in [6.45, 7) is 17.0. The van der Waals surface area contributed by atoms with Crippen molar-refractivity contribution in [2.24, 2.45) is 11.3 Å². The number of carbonyl (C=O) groups excluding carboxylic acids is 3. The number of amides is 2. The summed E-state index contributed by atoms with van der Waals surface area (Å²) in [5.41, 5.74) is 0.00402. The number of aromatic carboxylic acids is 1. The number of carbonyl (C=O) groups is 4. The van der Waals surface area contributed by atoms with Crippen LogP contribution in [0.15, 0.2) is 35.9 Å². The van der Waals surface area contributed by atoms with Gasteiger partial charge in [-0.3, -0.25) is 9.59 Å². The molecule has 0 aliphatic rings. The molecule has 9 nitrogen and oxygen atoms in total. The summed E-state index contributed by atoms with van der Waals surface area (Å²) in [7, 11) is 3.35. The predicted octanol–water partition coefficient (Wildman–Crippen LogP) is 3.77. The number of esters is 1. The molecule has 0 radical (unpaired) electrons. The SMILES string of the molecule is CCOC(=O)/C(C)=C/C(C(C)C)N(C)C(=O)C(NC(=O)C(NC)C(C)(C)c1ccc(C(=O)O)cc1)C(C)(C)C. The highest BCUT2D eigenvalue weighted by atomic mass is 16.5. The Kier molecular flexibility index (Phi) is 11.9. The van der Waals surface area contributed by atoms with Gasteiger partial charge in [-0.05, 0) is 49.9 Å². The van der Waals surface area contributed by atoms with Crippen molar-refractivity contribution in [3.63, 3.8) is 0 Å². The maximum atomic E-state index is 13.9. The first-order valence-electron chi connectivity index (χ1n) is 13.3. The van der Waals surface area contributed by atoms with E-state index in [0.29, 0.717) is 5.57 Å². The molecule has 0 fully saturated rings. The number of rotatable bonds is 12. The average molecular weight is 546 g/mol. The van der Waals surface area contributed by atoms with E-state index in [2.05, 4.69) is 10.6 Å². The number of hydrogen-bond donors (Lipinski definition) is 3. The van der Waals surface area contributed by atoms with Crippen LogP contribution in [0.25, 0.3) is 0 Å². The van der Waals surface area contributed by atoms with E-state index in [9.17, 15) is 24.3 Å². The van der Waals surface area contributed by atoms with E-state index < -0.39 is 40.9 Å². The van der Waals surface area contributed by atoms with Crippen LogP contribution in [0.5, 0.6) is 0 Å². The summed E-state index contributed by atoms with van der Waals surface area (Å²) in [6, 6.07) is 4.46. The summed E-state index contributed by atoms with van der Waals surface area (Å²) >= 11 is 0. The van der Waals surface area contributed by atoms with Gasteiger partial charge in [0.25, 0.3) is 0 Å². The van der Waals surface area contributed by atoms with E-state index >= 15 is 0 Å². The Morgan fingerprint density at radius 1 is 1.03 bits per heavy atom. The Morgan fingerprint density at radius 3 is 1.97 bits per heavy atom. The van der Waals surface area contributed by atoms with E-state index in [1.165, 1.54) is 12.1 Å². The molecular formula is C30H47N3O6. The summed E-state index contributed by atoms with van der Waals surface area (Å²) in [4.78, 5) is 52.6. The van der Waals surface area contributed by atoms with Crippen LogP contribution in [0.1, 0.15) is 78.2 Å². The highest BCUT2D eigenvalue weighted by molar-refractivity contribution is 5.92. The van der Waals surface area contributed by atoms with Crippen molar-refractivity contribution in [2.45, 2.75) is 85.9 Å². The quantitative estimate of drug-likeness (QED) is 0.270. The summed E-state index contributed by atoms with van der Waals surface area (Å²) in [6.07, 6.45) is 1.74. The normalized spacial score (nSPS) is 14.8. The molecule has 3 unspecified atom stereocenters. The Morgan fingerprint density at radius 2 is 1.56 bits per heavy atom. The fourth-order valence-corrected chi connectivity index (χ4v) is 4.57. The lowest BCUT2D eigenvalue weighted by molar-refractivity contribution is -0.141. The van der Waals surface area contributed by atoms with Crippen molar-refractivity contribution >= 4 is 23.8 Å². The van der Waals surface area contributed by atoms with Gasteiger partial charge in [-0.15, -0.1) is 0 Å². The topological polar surface area (TPSA) is 125 Å². The molecule has 0 aromatic heterocycles. The van der Waals surface area contributed by atoms with E-state index in [1.54, 1.807) is 51.1 Å². The molecular weight excluding hydrogens is 498 g/mol. The number of nitrogens with one attached hydrogen (secondary N) is 2. The minimum atomic E-state index is -1.02. The molecule has 0 aliphatic carbocycles. The van der Waals surface area contributed by atoms with Crippen molar-refractivity contribution in [1.82, 2.24) is 15.5 Å². The zero-order valence-electron chi connectivity index (χ0n) is 25.3. The fourth-order valence-electron chi connectivity index (χ4n) is 4.57. The first-order valence-corrected chi connectivity index (χ1v) is 13.3. The van der Waals surface area contributed by atoms with Gasteiger partial charge in [0.05, 0.1) is 24.3 Å². The lowest BCUT2D eigenvalue weighted by atomic mass is 9.76. The lowest BCUT2D eigenvalue weighted by Crippen LogP contribution is -2.61. The van der Waals surface area contributed by atoms with Gasteiger partial charge in [0.2, 0.25) is 11.8 Å². The second-order valence-corrected chi connectivity index (χ2v) is 11.9. The molecule has 0 saturated carbocycles. The van der Waals surface area contributed by atoms with Gasteiger partial charge in [0.15, 0.2) is 0 Å². The van der Waals surface area contributed by atoms with Crippen LogP contribution < -0.4 is 10.6 Å². The molecule has 1 aromatic rings. The molecule has 0 bridgehead atoms. The average Bonchev–Trinajstić information content (AvgIpc) is 2.84. The van der Waals surface area contributed by atoms with Gasteiger partial charge in [0, 0.05) is 18.0 Å². The monoisotopic (exact) mass is 545 g/mol. The van der Waals surface area contributed by atoms with Crippen LogP contribution >= 0.6 is 0 Å². The van der Waals surface area contributed by atoms with Gasteiger partial charge < -0.3 is 25.4 Å². The first-order chi connectivity index (χ1) is 17.9. The molecule has 0 heterocycles. The largest absolute Gasteiger partial charge is 0.478 e. The molecule has 218 valence electrons. The minimum absolute atomic E-state index is 0.00240. The van der Waals surface area contributed by atoms with Crippen LogP contribution in [0.3, 0.4) is 0 Å². The maximum Gasteiger partial charge on any atom is 0.335 e. The molecule has 0 spiro atoms. The second kappa shape index (κ2) is 13.7. The first kappa shape index (κ1) is 33.8. The molecule has 1 rings (SSSR count). The molecule has 3 N–H and O–H groups in total. The van der Waals surface area contributed by atoms with E-state index in [1.807, 2.05) is 48.5 Å². The third kappa shape index (κ3) is 8.65. The zero-order chi connectivity index (χ0) is 30.3. The molecule has 3 atom stereocenters. The second-order valence-electron chi connectivity index (χ2n) is 11.9. The Hall–Kier alpha value is -3.20. The van der Waals surface area contributed by atoms with Crippen molar-refractivity contribution < 1.29 is 29.0 Å². The number of benzene rings is 1. The predicted molar refractivity (Wildman–Crippen MR) is 152 cm³/mol. The lowest BCUT2D eigenvalue weighted by Gasteiger charge is -2.40. The Balaban J connectivity index is 3.32. The Labute approximate surface area is 233 Å². The molecule has 1 aromatic carbocycles. The number of carboxylic acids is 1. The third-order valence-electron chi connectivity index (χ3n) is 7.04. The van der Waals surface area contributed by atoms with Crippen molar-refractivity contribution in [3.8, 4) is 0 Å². The van der Waals surface area contributed by atoms with Gasteiger partial charge in [-0.1, -0.05) is 66.7 Å². The maximum absolute atomic E-state index is 13.9. The van der Waals surface area contributed by atoms with Crippen molar-refractivity contribution in [3.05, 3.63) is 47.0 Å². The highest BCUT2D eigenvalue weighted by Gasteiger charge is 2.41. The van der Waals surface area contributed by atoms with Crippen LogP contribution in [0.4, 0.5) is 0 Å². The molecule has 2 amide bonds. The van der Waals surface area contributed by atoms with Crippen LogP contribution in [0, 0.1) is 11.3 Å². The Bertz CT molecular complexity index is 1050. The number of nitrogens with zero attached hydrogens (tertiary/aromatic N) is 1. The fraction of sp³-hybridized carbons (Fsp3) is 0.600. The smallest absolute Gasteiger partial charge is 0.335 e. The minimum Gasteiger partial charge on any atom is -0.478 e. The standard InChI is InChI=1S/C30H47N3O6/c1-12-39-28(38)19(4)17-22(18(2)3)33(11)26(35)24(29(5,6)7)32-25(34)23(31-10)30(8,9)21-15-13-20(14-16-21)27(36)37/h13-18,22-24,31H,12H2,1-11H3,(H,32,34)(H,36,37)/b19-17+. The zero-order valence-corrected chi connectivity index (χ0v) is 25.3. The van der Waals surface area contributed by atoms with Crippen molar-refractivity contribution in [2.75, 3.05) is 20.7 Å². The summed E-state index contributed by atoms with van der Waals surface area (Å²) < 4.78 is 5.10. The van der Waals surface area contributed by atoms with Gasteiger partial charge in [-0.25, -0.2) is 9.59 Å². The molecule has 0 aliphatic heterocycles. The number of ether oxygens (including phenoxy) is 1. The van der Waals surface area contributed by atoms with Gasteiger partial charge >= 0.3 is 11.9 Å². The summed E-state index contributed by atoms with van der Waals surface area (Å²) in [5.74, 6) is -2.09. The van der Waals surface area contributed by atoms with E-state index in [0.717, 1.165) is 5.56 Å². The van der Waals surface area contributed by atoms with Crippen molar-refractivity contribution in [1.29, 1.82) is 0 Å². The van der Waals surface area contributed by atoms with E-state index in [4.69, 9.17) is 4.74 Å². The van der Waals surface area contributed by atoms with Crippen LogP contribution in [-0.2, 0) is 24.5 Å². The highest BCUT2D eigenvalue weighted by Crippen LogP contribution is 2.29. The molecule has 39 heavy (non-hydrogen) atoms. The number of carboxylic acid groups (broad SMARTS) is 1. The van der Waals surface area contributed by atoms with Crippen LogP contribution in [-0.4, -0.2) is 72.6 Å². The molecule has 0 saturated heterocycles. The van der Waals surface area contributed by atoms with Gasteiger partial charge in [-0.2, -0.15) is 0 Å². The summed E-state index contributed by atoms with van der Waals surface area (Å²) in [5, 5.41) is 15.3. The number of hydrogen-bond acceptors (Lipinski definition) is 6. The van der Waals surface area contributed by atoms with Crippen LogP contribution in [0.2, 0.25) is 0 Å². The van der Waals surface area contributed by atoms with Gasteiger partial charge in [0.1, 0.15) is 6.04 Å². The third-order valence-corrected chi connectivity index (χ3v) is 7.04.